The third-order valence-electron chi connectivity index (χ3n) is 2.12. The first-order valence-electron chi connectivity index (χ1n) is 4.34. The van der Waals surface area contributed by atoms with Gasteiger partial charge in [0.15, 0.2) is 0 Å². The van der Waals surface area contributed by atoms with Gasteiger partial charge in [-0.2, -0.15) is 0 Å². The van der Waals surface area contributed by atoms with Crippen molar-refractivity contribution in [3.63, 3.8) is 0 Å². The predicted molar refractivity (Wildman–Crippen MR) is 55.0 cm³/mol. The molecule has 1 aromatic rings. The van der Waals surface area contributed by atoms with E-state index in [1.165, 1.54) is 0 Å². The minimum absolute atomic E-state index is 0.0819. The zero-order valence-electron chi connectivity index (χ0n) is 7.88. The van der Waals surface area contributed by atoms with Gasteiger partial charge >= 0.3 is 0 Å². The summed E-state index contributed by atoms with van der Waals surface area (Å²) in [7, 11) is 0. The zero-order chi connectivity index (χ0) is 9.84. The summed E-state index contributed by atoms with van der Waals surface area (Å²) in [5.41, 5.74) is 1.12. The van der Waals surface area contributed by atoms with Crippen LogP contribution in [0.2, 0.25) is 5.02 Å². The van der Waals surface area contributed by atoms with Gasteiger partial charge in [0.25, 0.3) is 0 Å². The molecule has 1 nitrogen and oxygen atoms in total. The second-order valence-electron chi connectivity index (χ2n) is 3.35. The van der Waals surface area contributed by atoms with Gasteiger partial charge in [-0.25, -0.2) is 0 Å². The molecule has 0 bridgehead atoms. The van der Waals surface area contributed by atoms with Gasteiger partial charge in [-0.15, -0.1) is 0 Å². The Morgan fingerprint density at radius 2 is 2.23 bits per heavy atom. The summed E-state index contributed by atoms with van der Waals surface area (Å²) in [6.45, 7) is 3.55. The van der Waals surface area contributed by atoms with E-state index in [1.54, 1.807) is 6.92 Å². The molecule has 0 saturated heterocycles. The first-order chi connectivity index (χ1) is 6.09. The smallest absolute Gasteiger partial charge is 0.132 e. The number of hydrogen-bond acceptors (Lipinski definition) is 1. The SMILES string of the molecule is CC(=O)C(C)Cc1cccc(Cl)c1. The first-order valence-corrected chi connectivity index (χ1v) is 4.72. The number of carbonyl (C=O) groups excluding carboxylic acids is 1. The van der Waals surface area contributed by atoms with Crippen LogP contribution in [-0.2, 0) is 11.2 Å². The second-order valence-corrected chi connectivity index (χ2v) is 3.78. The molecule has 0 saturated carbocycles. The maximum absolute atomic E-state index is 11.0. The largest absolute Gasteiger partial charge is 0.300 e. The number of carbonyl (C=O) groups is 1. The average Bonchev–Trinajstić information content (AvgIpc) is 2.04. The number of rotatable bonds is 3. The van der Waals surface area contributed by atoms with E-state index >= 15 is 0 Å². The highest BCUT2D eigenvalue weighted by Crippen LogP contribution is 2.14. The number of benzene rings is 1. The molecule has 1 unspecified atom stereocenters. The molecule has 0 N–H and O–H groups in total. The Bertz CT molecular complexity index is 307. The van der Waals surface area contributed by atoms with Crippen molar-refractivity contribution < 1.29 is 4.79 Å². The van der Waals surface area contributed by atoms with E-state index in [2.05, 4.69) is 0 Å². The van der Waals surface area contributed by atoms with Gasteiger partial charge in [0.2, 0.25) is 0 Å². The summed E-state index contributed by atoms with van der Waals surface area (Å²) >= 11 is 5.82. The number of ketones is 1. The minimum Gasteiger partial charge on any atom is -0.300 e. The van der Waals surface area contributed by atoms with Crippen molar-refractivity contribution in [2.24, 2.45) is 5.92 Å². The van der Waals surface area contributed by atoms with Gasteiger partial charge in [0.1, 0.15) is 5.78 Å². The topological polar surface area (TPSA) is 17.1 Å². The van der Waals surface area contributed by atoms with Gasteiger partial charge in [-0.3, -0.25) is 4.79 Å². The maximum atomic E-state index is 11.0. The summed E-state index contributed by atoms with van der Waals surface area (Å²) < 4.78 is 0. The molecule has 0 heterocycles. The zero-order valence-corrected chi connectivity index (χ0v) is 8.64. The standard InChI is InChI=1S/C11H13ClO/c1-8(9(2)13)6-10-4-3-5-11(12)7-10/h3-5,7-8H,6H2,1-2H3. The van der Waals surface area contributed by atoms with E-state index < -0.39 is 0 Å². The quantitative estimate of drug-likeness (QED) is 0.726. The lowest BCUT2D eigenvalue weighted by atomic mass is 9.98. The third kappa shape index (κ3) is 3.19. The fourth-order valence-corrected chi connectivity index (χ4v) is 1.37. The molecule has 0 fully saturated rings. The Morgan fingerprint density at radius 1 is 1.54 bits per heavy atom. The minimum atomic E-state index is 0.0819. The molecule has 0 aliphatic rings. The van der Waals surface area contributed by atoms with E-state index in [0.29, 0.717) is 0 Å². The van der Waals surface area contributed by atoms with E-state index in [1.807, 2.05) is 31.2 Å². The molecule has 0 aromatic heterocycles. The molecule has 1 atom stereocenters. The molecule has 13 heavy (non-hydrogen) atoms. The summed E-state index contributed by atoms with van der Waals surface area (Å²) in [6.07, 6.45) is 0.774. The number of halogens is 1. The maximum Gasteiger partial charge on any atom is 0.132 e. The van der Waals surface area contributed by atoms with Crippen LogP contribution in [0.25, 0.3) is 0 Å². The van der Waals surface area contributed by atoms with Crippen molar-refractivity contribution in [3.8, 4) is 0 Å². The van der Waals surface area contributed by atoms with Crippen LogP contribution in [0.1, 0.15) is 19.4 Å². The fourth-order valence-electron chi connectivity index (χ4n) is 1.16. The molecule has 0 spiro atoms. The third-order valence-corrected chi connectivity index (χ3v) is 2.36. The lowest BCUT2D eigenvalue weighted by Gasteiger charge is -2.07. The Kier molecular flexibility index (Phi) is 3.49. The van der Waals surface area contributed by atoms with Crippen LogP contribution < -0.4 is 0 Å². The number of Topliss-reactive ketones (excluding diaryl/α,β-unsaturated/α-hetero) is 1. The Labute approximate surface area is 83.7 Å². The van der Waals surface area contributed by atoms with Crippen LogP contribution in [0.15, 0.2) is 24.3 Å². The second kappa shape index (κ2) is 4.43. The van der Waals surface area contributed by atoms with Crippen molar-refractivity contribution in [2.75, 3.05) is 0 Å². The molecule has 1 aromatic carbocycles. The molecule has 70 valence electrons. The highest BCUT2D eigenvalue weighted by molar-refractivity contribution is 6.30. The van der Waals surface area contributed by atoms with E-state index in [9.17, 15) is 4.79 Å². The fraction of sp³-hybridized carbons (Fsp3) is 0.364. The Hall–Kier alpha value is -0.820. The first kappa shape index (κ1) is 10.3. The van der Waals surface area contributed by atoms with Crippen molar-refractivity contribution >= 4 is 17.4 Å². The van der Waals surface area contributed by atoms with E-state index in [4.69, 9.17) is 11.6 Å². The van der Waals surface area contributed by atoms with Crippen molar-refractivity contribution in [1.29, 1.82) is 0 Å². The van der Waals surface area contributed by atoms with Crippen molar-refractivity contribution in [1.82, 2.24) is 0 Å². The monoisotopic (exact) mass is 196 g/mol. The van der Waals surface area contributed by atoms with Gasteiger partial charge in [0, 0.05) is 10.9 Å². The Balaban J connectivity index is 2.69. The van der Waals surface area contributed by atoms with Crippen molar-refractivity contribution in [3.05, 3.63) is 34.9 Å². The van der Waals surface area contributed by atoms with Crippen LogP contribution in [-0.4, -0.2) is 5.78 Å². The van der Waals surface area contributed by atoms with Crippen LogP contribution in [0.4, 0.5) is 0 Å². The molecule has 0 radical (unpaired) electrons. The van der Waals surface area contributed by atoms with E-state index in [-0.39, 0.29) is 11.7 Å². The summed E-state index contributed by atoms with van der Waals surface area (Å²) in [5.74, 6) is 0.304. The molecule has 2 heteroatoms. The molecule has 0 amide bonds. The van der Waals surface area contributed by atoms with Gasteiger partial charge in [-0.1, -0.05) is 30.7 Å². The normalized spacial score (nSPS) is 12.5. The molecule has 0 aliphatic heterocycles. The average molecular weight is 197 g/mol. The van der Waals surface area contributed by atoms with Crippen LogP contribution >= 0.6 is 11.6 Å². The van der Waals surface area contributed by atoms with Gasteiger partial charge in [-0.05, 0) is 31.0 Å². The predicted octanol–water partition coefficient (Wildman–Crippen LogP) is 3.11. The summed E-state index contributed by atoms with van der Waals surface area (Å²) in [4.78, 5) is 11.0. The molecular formula is C11H13ClO. The molecular weight excluding hydrogens is 184 g/mol. The molecule has 0 aliphatic carbocycles. The van der Waals surface area contributed by atoms with Gasteiger partial charge in [0.05, 0.1) is 0 Å². The Morgan fingerprint density at radius 3 is 2.77 bits per heavy atom. The highest BCUT2D eigenvalue weighted by Gasteiger charge is 2.08. The molecule has 1 rings (SSSR count). The van der Waals surface area contributed by atoms with Crippen LogP contribution in [0, 0.1) is 5.92 Å². The van der Waals surface area contributed by atoms with E-state index in [0.717, 1.165) is 17.0 Å². The van der Waals surface area contributed by atoms with Gasteiger partial charge < -0.3 is 0 Å². The summed E-state index contributed by atoms with van der Waals surface area (Å²) in [6, 6.07) is 7.64. The number of hydrogen-bond donors (Lipinski definition) is 0. The van der Waals surface area contributed by atoms with Crippen LogP contribution in [0.3, 0.4) is 0 Å². The summed E-state index contributed by atoms with van der Waals surface area (Å²) in [5, 5.41) is 0.730. The van der Waals surface area contributed by atoms with Crippen LogP contribution in [0.5, 0.6) is 0 Å². The highest BCUT2D eigenvalue weighted by atomic mass is 35.5. The van der Waals surface area contributed by atoms with Crippen molar-refractivity contribution in [2.45, 2.75) is 20.3 Å². The lowest BCUT2D eigenvalue weighted by Crippen LogP contribution is -2.09. The lowest BCUT2D eigenvalue weighted by molar-refractivity contribution is -0.120.